The zero-order valence-corrected chi connectivity index (χ0v) is 9.59. The standard InChI is InChI=1S/C9H15ClN2O.ClH/c1-7(10)6-12-9(13)8-4-2-3-5-11-8;/h8,11H,1-6H2,(H,12,13);1H/t8-;/m0./s1. The molecule has 1 fully saturated rings. The molecule has 2 N–H and O–H groups in total. The summed E-state index contributed by atoms with van der Waals surface area (Å²) in [7, 11) is 0. The van der Waals surface area contributed by atoms with Crippen LogP contribution in [0.1, 0.15) is 19.3 Å². The van der Waals surface area contributed by atoms with Crippen molar-refractivity contribution in [1.82, 2.24) is 10.6 Å². The zero-order valence-electron chi connectivity index (χ0n) is 8.01. The molecule has 14 heavy (non-hydrogen) atoms. The highest BCUT2D eigenvalue weighted by atomic mass is 35.5. The molecule has 0 aromatic heterocycles. The third-order valence-electron chi connectivity index (χ3n) is 2.08. The number of amides is 1. The normalized spacial score (nSPS) is 20.8. The summed E-state index contributed by atoms with van der Waals surface area (Å²) in [5.74, 6) is 0.0292. The average molecular weight is 239 g/mol. The monoisotopic (exact) mass is 238 g/mol. The van der Waals surface area contributed by atoms with E-state index in [1.807, 2.05) is 0 Å². The highest BCUT2D eigenvalue weighted by molar-refractivity contribution is 6.29. The van der Waals surface area contributed by atoms with Crippen molar-refractivity contribution >= 4 is 29.9 Å². The van der Waals surface area contributed by atoms with E-state index in [1.165, 1.54) is 0 Å². The van der Waals surface area contributed by atoms with Gasteiger partial charge in [0.25, 0.3) is 0 Å². The van der Waals surface area contributed by atoms with Crippen molar-refractivity contribution in [2.24, 2.45) is 0 Å². The van der Waals surface area contributed by atoms with Crippen LogP contribution >= 0.6 is 24.0 Å². The fourth-order valence-corrected chi connectivity index (χ4v) is 1.45. The second-order valence-electron chi connectivity index (χ2n) is 3.24. The van der Waals surface area contributed by atoms with Gasteiger partial charge in [-0.1, -0.05) is 24.6 Å². The number of carbonyl (C=O) groups is 1. The molecule has 0 saturated carbocycles. The maximum atomic E-state index is 11.4. The summed E-state index contributed by atoms with van der Waals surface area (Å²) in [6.07, 6.45) is 3.19. The van der Waals surface area contributed by atoms with Gasteiger partial charge in [-0.3, -0.25) is 4.79 Å². The quantitative estimate of drug-likeness (QED) is 0.782. The summed E-state index contributed by atoms with van der Waals surface area (Å²) in [6.45, 7) is 4.79. The number of hydrogen-bond acceptors (Lipinski definition) is 2. The first-order valence-corrected chi connectivity index (χ1v) is 4.92. The Balaban J connectivity index is 0.00000169. The minimum absolute atomic E-state index is 0. The van der Waals surface area contributed by atoms with Crippen LogP contribution in [0.5, 0.6) is 0 Å². The van der Waals surface area contributed by atoms with Crippen LogP contribution < -0.4 is 10.6 Å². The second kappa shape index (κ2) is 7.10. The highest BCUT2D eigenvalue weighted by Gasteiger charge is 2.19. The van der Waals surface area contributed by atoms with Crippen LogP contribution in [0.15, 0.2) is 11.6 Å². The van der Waals surface area contributed by atoms with Gasteiger partial charge in [-0.2, -0.15) is 0 Å². The van der Waals surface area contributed by atoms with E-state index in [2.05, 4.69) is 17.2 Å². The van der Waals surface area contributed by atoms with Crippen LogP contribution in [0.3, 0.4) is 0 Å². The first kappa shape index (κ1) is 13.8. The molecule has 0 aromatic carbocycles. The summed E-state index contributed by atoms with van der Waals surface area (Å²) in [5.41, 5.74) is 0. The molecule has 0 radical (unpaired) electrons. The zero-order chi connectivity index (χ0) is 9.68. The summed E-state index contributed by atoms with van der Waals surface area (Å²) in [6, 6.07) is -0.0373. The maximum Gasteiger partial charge on any atom is 0.237 e. The van der Waals surface area contributed by atoms with Crippen LogP contribution in [0.25, 0.3) is 0 Å². The highest BCUT2D eigenvalue weighted by Crippen LogP contribution is 2.06. The number of nitrogens with one attached hydrogen (secondary N) is 2. The van der Waals surface area contributed by atoms with Crippen molar-refractivity contribution in [2.45, 2.75) is 25.3 Å². The lowest BCUT2D eigenvalue weighted by atomic mass is 10.0. The molecule has 0 unspecified atom stereocenters. The lowest BCUT2D eigenvalue weighted by molar-refractivity contribution is -0.123. The lowest BCUT2D eigenvalue weighted by Gasteiger charge is -2.22. The van der Waals surface area contributed by atoms with Crippen molar-refractivity contribution in [3.05, 3.63) is 11.6 Å². The molecular weight excluding hydrogens is 223 g/mol. The predicted molar refractivity (Wildman–Crippen MR) is 60.9 cm³/mol. The van der Waals surface area contributed by atoms with E-state index in [4.69, 9.17) is 11.6 Å². The van der Waals surface area contributed by atoms with Crippen molar-refractivity contribution < 1.29 is 4.79 Å². The van der Waals surface area contributed by atoms with E-state index in [0.717, 1.165) is 25.8 Å². The molecule has 0 aliphatic carbocycles. The smallest absolute Gasteiger partial charge is 0.237 e. The van der Waals surface area contributed by atoms with Crippen molar-refractivity contribution in [2.75, 3.05) is 13.1 Å². The summed E-state index contributed by atoms with van der Waals surface area (Å²) >= 11 is 5.53. The van der Waals surface area contributed by atoms with Gasteiger partial charge >= 0.3 is 0 Å². The Hall–Kier alpha value is -0.250. The molecule has 3 nitrogen and oxygen atoms in total. The van der Waals surface area contributed by atoms with Gasteiger partial charge < -0.3 is 10.6 Å². The van der Waals surface area contributed by atoms with Crippen LogP contribution in [0.4, 0.5) is 0 Å². The molecular formula is C9H16Cl2N2O. The fourth-order valence-electron chi connectivity index (χ4n) is 1.38. The van der Waals surface area contributed by atoms with Gasteiger partial charge in [0, 0.05) is 5.03 Å². The Bertz CT molecular complexity index is 203. The predicted octanol–water partition coefficient (Wildman–Crippen LogP) is 1.42. The molecule has 0 bridgehead atoms. The molecule has 1 saturated heterocycles. The molecule has 0 aromatic rings. The van der Waals surface area contributed by atoms with Crippen LogP contribution in [0.2, 0.25) is 0 Å². The molecule has 1 atom stereocenters. The first-order valence-electron chi connectivity index (χ1n) is 4.54. The summed E-state index contributed by atoms with van der Waals surface area (Å²) in [4.78, 5) is 11.4. The van der Waals surface area contributed by atoms with Gasteiger partial charge in [0.1, 0.15) is 0 Å². The second-order valence-corrected chi connectivity index (χ2v) is 3.77. The SMILES string of the molecule is C=C(Cl)CNC(=O)[C@@H]1CCCCN1.Cl. The van der Waals surface area contributed by atoms with Gasteiger partial charge in [-0.05, 0) is 19.4 Å². The third kappa shape index (κ3) is 4.84. The van der Waals surface area contributed by atoms with Crippen molar-refractivity contribution in [3.8, 4) is 0 Å². The molecule has 1 heterocycles. The maximum absolute atomic E-state index is 11.4. The first-order chi connectivity index (χ1) is 6.20. The van der Waals surface area contributed by atoms with E-state index in [9.17, 15) is 4.79 Å². The van der Waals surface area contributed by atoms with E-state index in [1.54, 1.807) is 0 Å². The minimum Gasteiger partial charge on any atom is -0.350 e. The van der Waals surface area contributed by atoms with E-state index in [-0.39, 0.29) is 24.4 Å². The van der Waals surface area contributed by atoms with Gasteiger partial charge in [0.2, 0.25) is 5.91 Å². The van der Waals surface area contributed by atoms with Gasteiger partial charge in [0.05, 0.1) is 12.6 Å². The summed E-state index contributed by atoms with van der Waals surface area (Å²) < 4.78 is 0. The number of carbonyl (C=O) groups excluding carboxylic acids is 1. The van der Waals surface area contributed by atoms with E-state index >= 15 is 0 Å². The summed E-state index contributed by atoms with van der Waals surface area (Å²) in [5, 5.41) is 6.34. The molecule has 5 heteroatoms. The fraction of sp³-hybridized carbons (Fsp3) is 0.667. The Morgan fingerprint density at radius 2 is 2.29 bits per heavy atom. The molecule has 1 aliphatic rings. The Morgan fingerprint density at radius 3 is 2.79 bits per heavy atom. The van der Waals surface area contributed by atoms with Crippen molar-refractivity contribution in [1.29, 1.82) is 0 Å². The largest absolute Gasteiger partial charge is 0.350 e. The molecule has 0 spiro atoms. The Morgan fingerprint density at radius 1 is 1.57 bits per heavy atom. The molecule has 82 valence electrons. The van der Waals surface area contributed by atoms with Gasteiger partial charge in [-0.25, -0.2) is 0 Å². The minimum atomic E-state index is -0.0373. The topological polar surface area (TPSA) is 41.1 Å². The lowest BCUT2D eigenvalue weighted by Crippen LogP contribution is -2.46. The molecule has 1 rings (SSSR count). The Labute approximate surface area is 95.7 Å². The van der Waals surface area contributed by atoms with Crippen LogP contribution in [-0.2, 0) is 4.79 Å². The van der Waals surface area contributed by atoms with Crippen LogP contribution in [-0.4, -0.2) is 25.0 Å². The Kier molecular flexibility index (Phi) is 6.97. The number of piperidine rings is 1. The van der Waals surface area contributed by atoms with Crippen molar-refractivity contribution in [3.63, 3.8) is 0 Å². The number of halogens is 2. The van der Waals surface area contributed by atoms with Gasteiger partial charge in [-0.15, -0.1) is 12.4 Å². The molecule has 1 amide bonds. The molecule has 1 aliphatic heterocycles. The van der Waals surface area contributed by atoms with E-state index in [0.29, 0.717) is 11.6 Å². The number of rotatable bonds is 3. The van der Waals surface area contributed by atoms with E-state index < -0.39 is 0 Å². The average Bonchev–Trinajstić information content (AvgIpc) is 2.15. The van der Waals surface area contributed by atoms with Gasteiger partial charge in [0.15, 0.2) is 0 Å². The van der Waals surface area contributed by atoms with Crippen LogP contribution in [0, 0.1) is 0 Å². The third-order valence-corrected chi connectivity index (χ3v) is 2.21. The number of hydrogen-bond donors (Lipinski definition) is 2.